The van der Waals surface area contributed by atoms with Gasteiger partial charge in [0.1, 0.15) is 17.3 Å². The van der Waals surface area contributed by atoms with Crippen LogP contribution < -0.4 is 9.47 Å². The summed E-state index contributed by atoms with van der Waals surface area (Å²) in [6, 6.07) is 12.3. The number of aliphatic carboxylic acids is 1. The largest absolute Gasteiger partial charge is 0.497 e. The molecule has 0 aliphatic carbocycles. The first-order valence-electron chi connectivity index (χ1n) is 6.36. The lowest BCUT2D eigenvalue weighted by atomic mass is 10.1. The number of methoxy groups -OCH3 is 1. The second kappa shape index (κ2) is 6.74. The van der Waals surface area contributed by atoms with Gasteiger partial charge in [0, 0.05) is 6.42 Å². The minimum atomic E-state index is -1.07. The molecule has 110 valence electrons. The number of benzene rings is 2. The Kier molecular flexibility index (Phi) is 4.77. The van der Waals surface area contributed by atoms with Gasteiger partial charge in [-0.25, -0.2) is 9.18 Å². The normalized spacial score (nSPS) is 11.7. The van der Waals surface area contributed by atoms with Crippen molar-refractivity contribution in [2.75, 3.05) is 7.11 Å². The summed E-state index contributed by atoms with van der Waals surface area (Å²) in [4.78, 5) is 11.3. The molecule has 2 rings (SSSR count). The maximum atomic E-state index is 12.8. The lowest BCUT2D eigenvalue weighted by Gasteiger charge is -2.15. The van der Waals surface area contributed by atoms with Gasteiger partial charge >= 0.3 is 5.97 Å². The molecule has 5 heteroatoms. The Hall–Kier alpha value is -2.56. The molecule has 0 heterocycles. The molecule has 0 fully saturated rings. The highest BCUT2D eigenvalue weighted by atomic mass is 19.1. The molecule has 0 unspecified atom stereocenters. The smallest absolute Gasteiger partial charge is 0.345 e. The Bertz CT molecular complexity index is 593. The molecular weight excluding hydrogens is 275 g/mol. The van der Waals surface area contributed by atoms with E-state index in [1.165, 1.54) is 12.1 Å². The summed E-state index contributed by atoms with van der Waals surface area (Å²) in [5, 5.41) is 9.23. The van der Waals surface area contributed by atoms with E-state index in [0.29, 0.717) is 17.1 Å². The fourth-order valence-electron chi connectivity index (χ4n) is 1.83. The van der Waals surface area contributed by atoms with Crippen molar-refractivity contribution in [3.63, 3.8) is 0 Å². The van der Waals surface area contributed by atoms with Crippen molar-refractivity contribution >= 4 is 5.97 Å². The van der Waals surface area contributed by atoms with Crippen LogP contribution in [0.5, 0.6) is 11.5 Å². The third-order valence-corrected chi connectivity index (χ3v) is 2.95. The molecule has 0 saturated carbocycles. The van der Waals surface area contributed by atoms with Crippen molar-refractivity contribution in [1.82, 2.24) is 0 Å². The van der Waals surface area contributed by atoms with Gasteiger partial charge in [-0.3, -0.25) is 0 Å². The molecule has 1 N–H and O–H groups in total. The number of hydrogen-bond acceptors (Lipinski definition) is 3. The molecule has 0 aromatic heterocycles. The molecule has 2 aromatic rings. The van der Waals surface area contributed by atoms with Crippen LogP contribution in [0, 0.1) is 5.82 Å². The van der Waals surface area contributed by atoms with Gasteiger partial charge in [0.05, 0.1) is 7.11 Å². The number of carbonyl (C=O) groups is 1. The zero-order valence-electron chi connectivity index (χ0n) is 11.5. The van der Waals surface area contributed by atoms with Crippen molar-refractivity contribution in [3.05, 3.63) is 59.9 Å². The predicted octanol–water partition coefficient (Wildman–Crippen LogP) is 2.91. The maximum absolute atomic E-state index is 12.8. The summed E-state index contributed by atoms with van der Waals surface area (Å²) in [5.41, 5.74) is 0.692. The summed E-state index contributed by atoms with van der Waals surface area (Å²) in [7, 11) is 1.55. The zero-order valence-corrected chi connectivity index (χ0v) is 11.5. The number of carboxylic acids is 1. The summed E-state index contributed by atoms with van der Waals surface area (Å²) >= 11 is 0. The van der Waals surface area contributed by atoms with E-state index in [0.717, 1.165) is 0 Å². The first-order valence-corrected chi connectivity index (χ1v) is 6.36. The Balaban J connectivity index is 2.07. The molecule has 0 radical (unpaired) electrons. The number of ether oxygens (including phenoxy) is 2. The van der Waals surface area contributed by atoms with E-state index in [-0.39, 0.29) is 12.2 Å². The van der Waals surface area contributed by atoms with Gasteiger partial charge in [-0.1, -0.05) is 12.1 Å². The van der Waals surface area contributed by atoms with Crippen LogP contribution in [0.1, 0.15) is 5.56 Å². The van der Waals surface area contributed by atoms with Crippen LogP contribution >= 0.6 is 0 Å². The first-order chi connectivity index (χ1) is 10.1. The number of halogens is 1. The van der Waals surface area contributed by atoms with E-state index in [1.54, 1.807) is 43.5 Å². The molecule has 0 saturated heterocycles. The van der Waals surface area contributed by atoms with Crippen molar-refractivity contribution < 1.29 is 23.8 Å². The fraction of sp³-hybridized carbons (Fsp3) is 0.188. The minimum absolute atomic E-state index is 0.154. The SMILES string of the molecule is COc1ccc(O[C@@H](Cc2ccc(F)cc2)C(=O)O)cc1. The van der Waals surface area contributed by atoms with Crippen molar-refractivity contribution in [2.45, 2.75) is 12.5 Å². The second-order valence-corrected chi connectivity index (χ2v) is 4.45. The first kappa shape index (κ1) is 14.8. The maximum Gasteiger partial charge on any atom is 0.345 e. The molecule has 0 aliphatic heterocycles. The van der Waals surface area contributed by atoms with E-state index in [9.17, 15) is 14.3 Å². The topological polar surface area (TPSA) is 55.8 Å². The van der Waals surface area contributed by atoms with Gasteiger partial charge in [-0.2, -0.15) is 0 Å². The fourth-order valence-corrected chi connectivity index (χ4v) is 1.83. The van der Waals surface area contributed by atoms with Crippen molar-refractivity contribution in [3.8, 4) is 11.5 Å². The highest BCUT2D eigenvalue weighted by Crippen LogP contribution is 2.19. The Morgan fingerprint density at radius 2 is 1.67 bits per heavy atom. The lowest BCUT2D eigenvalue weighted by molar-refractivity contribution is -0.145. The standard InChI is InChI=1S/C16H15FO4/c1-20-13-6-8-14(9-7-13)21-15(16(18)19)10-11-2-4-12(17)5-3-11/h2-9,15H,10H2,1H3,(H,18,19)/t15-/m0/s1. The van der Waals surface area contributed by atoms with Crippen LogP contribution in [0.4, 0.5) is 4.39 Å². The number of rotatable bonds is 6. The van der Waals surface area contributed by atoms with Crippen LogP contribution in [0.3, 0.4) is 0 Å². The van der Waals surface area contributed by atoms with Crippen LogP contribution in [0.2, 0.25) is 0 Å². The highest BCUT2D eigenvalue weighted by Gasteiger charge is 2.20. The molecule has 0 amide bonds. The second-order valence-electron chi connectivity index (χ2n) is 4.45. The highest BCUT2D eigenvalue weighted by molar-refractivity contribution is 5.73. The van der Waals surface area contributed by atoms with Gasteiger partial charge in [0.25, 0.3) is 0 Å². The van der Waals surface area contributed by atoms with Gasteiger partial charge in [-0.05, 0) is 42.0 Å². The Labute approximate surface area is 121 Å². The van der Waals surface area contributed by atoms with Crippen molar-refractivity contribution in [1.29, 1.82) is 0 Å². The monoisotopic (exact) mass is 290 g/mol. The molecule has 4 nitrogen and oxygen atoms in total. The van der Waals surface area contributed by atoms with Crippen LogP contribution in [0.15, 0.2) is 48.5 Å². The van der Waals surface area contributed by atoms with Crippen LogP contribution in [0.25, 0.3) is 0 Å². The number of carboxylic acid groups (broad SMARTS) is 1. The van der Waals surface area contributed by atoms with Crippen molar-refractivity contribution in [2.24, 2.45) is 0 Å². The quantitative estimate of drug-likeness (QED) is 0.888. The van der Waals surface area contributed by atoms with Gasteiger partial charge in [-0.15, -0.1) is 0 Å². The summed E-state index contributed by atoms with van der Waals surface area (Å²) in [6.45, 7) is 0. The van der Waals surface area contributed by atoms with E-state index in [4.69, 9.17) is 9.47 Å². The molecular formula is C16H15FO4. The molecule has 2 aromatic carbocycles. The molecule has 0 spiro atoms. The molecule has 21 heavy (non-hydrogen) atoms. The summed E-state index contributed by atoms with van der Waals surface area (Å²) in [5.74, 6) is -0.338. The van der Waals surface area contributed by atoms with Crippen LogP contribution in [-0.4, -0.2) is 24.3 Å². The average molecular weight is 290 g/mol. The summed E-state index contributed by atoms with van der Waals surface area (Å²) < 4.78 is 23.3. The predicted molar refractivity (Wildman–Crippen MR) is 75.1 cm³/mol. The Morgan fingerprint density at radius 1 is 1.10 bits per heavy atom. The van der Waals surface area contributed by atoms with Gasteiger partial charge in [0.15, 0.2) is 6.10 Å². The lowest BCUT2D eigenvalue weighted by Crippen LogP contribution is -2.29. The zero-order chi connectivity index (χ0) is 15.2. The minimum Gasteiger partial charge on any atom is -0.497 e. The van der Waals surface area contributed by atoms with Crippen LogP contribution in [-0.2, 0) is 11.2 Å². The van der Waals surface area contributed by atoms with E-state index < -0.39 is 12.1 Å². The molecule has 0 bridgehead atoms. The van der Waals surface area contributed by atoms with E-state index in [2.05, 4.69) is 0 Å². The Morgan fingerprint density at radius 3 is 2.19 bits per heavy atom. The molecule has 0 aliphatic rings. The van der Waals surface area contributed by atoms with Gasteiger partial charge < -0.3 is 14.6 Å². The third-order valence-electron chi connectivity index (χ3n) is 2.95. The van der Waals surface area contributed by atoms with E-state index in [1.807, 2.05) is 0 Å². The average Bonchev–Trinajstić information content (AvgIpc) is 2.49. The van der Waals surface area contributed by atoms with E-state index >= 15 is 0 Å². The number of hydrogen-bond donors (Lipinski definition) is 1. The summed E-state index contributed by atoms with van der Waals surface area (Å²) in [6.07, 6.45) is -0.884. The molecule has 1 atom stereocenters. The third kappa shape index (κ3) is 4.21. The van der Waals surface area contributed by atoms with Gasteiger partial charge in [0.2, 0.25) is 0 Å².